The molecule has 0 unspecified atom stereocenters. The Kier molecular flexibility index (Phi) is 3.67. The number of ether oxygens (including phenoxy) is 1. The molecule has 0 bridgehead atoms. The maximum absolute atomic E-state index is 6.00. The summed E-state index contributed by atoms with van der Waals surface area (Å²) in [5.74, 6) is 0.807. The number of fused-ring (bicyclic) bond motifs is 1. The Morgan fingerprint density at radius 3 is 2.42 bits per heavy atom. The third-order valence-corrected chi connectivity index (χ3v) is 4.13. The molecule has 0 saturated heterocycles. The molecule has 0 aliphatic carbocycles. The van der Waals surface area contributed by atoms with Crippen LogP contribution < -0.4 is 4.74 Å². The molecular weight excluding hydrogens is 322 g/mol. The Morgan fingerprint density at radius 1 is 0.958 bits per heavy atom. The van der Waals surface area contributed by atoms with Crippen LogP contribution in [-0.4, -0.2) is 21.9 Å². The molecule has 0 amide bonds. The Balaban J connectivity index is 1.91. The van der Waals surface area contributed by atoms with Crippen LogP contribution in [0, 0.1) is 0 Å². The van der Waals surface area contributed by atoms with E-state index < -0.39 is 0 Å². The highest BCUT2D eigenvalue weighted by atomic mass is 35.5. The summed E-state index contributed by atoms with van der Waals surface area (Å²) in [6.07, 6.45) is 1.77. The third kappa shape index (κ3) is 2.51. The number of nitrogens with zero attached hydrogens (tertiary/aromatic N) is 3. The number of pyridine rings is 1. The summed E-state index contributed by atoms with van der Waals surface area (Å²) in [4.78, 5) is 4.51. The number of halogens is 1. The van der Waals surface area contributed by atoms with Crippen LogP contribution >= 0.6 is 11.6 Å². The number of benzene rings is 2. The van der Waals surface area contributed by atoms with E-state index in [2.05, 4.69) is 4.98 Å². The molecular formula is C19H14ClN3O. The Hall–Kier alpha value is -2.85. The summed E-state index contributed by atoms with van der Waals surface area (Å²) in [6.45, 7) is 0. The highest BCUT2D eigenvalue weighted by Gasteiger charge is 2.14. The number of hydrogen-bond donors (Lipinski definition) is 0. The topological polar surface area (TPSA) is 39.9 Å². The van der Waals surface area contributed by atoms with Crippen molar-refractivity contribution < 1.29 is 4.74 Å². The van der Waals surface area contributed by atoms with Gasteiger partial charge in [-0.15, -0.1) is 0 Å². The predicted octanol–water partition coefficient (Wildman–Crippen LogP) is 4.75. The van der Waals surface area contributed by atoms with Gasteiger partial charge in [0, 0.05) is 22.2 Å². The Bertz CT molecular complexity index is 991. The third-order valence-electron chi connectivity index (χ3n) is 3.88. The largest absolute Gasteiger partial charge is 0.497 e. The van der Waals surface area contributed by atoms with Crippen LogP contribution in [0.2, 0.25) is 5.02 Å². The summed E-state index contributed by atoms with van der Waals surface area (Å²) >= 11 is 6.00. The number of aromatic nitrogens is 3. The molecule has 0 radical (unpaired) electrons. The maximum Gasteiger partial charge on any atom is 0.163 e. The summed E-state index contributed by atoms with van der Waals surface area (Å²) in [5, 5.41) is 6.49. The van der Waals surface area contributed by atoms with Crippen LogP contribution in [0.4, 0.5) is 0 Å². The lowest BCUT2D eigenvalue weighted by molar-refractivity contribution is 0.414. The molecule has 24 heavy (non-hydrogen) atoms. The van der Waals surface area contributed by atoms with Crippen molar-refractivity contribution in [3.05, 3.63) is 71.9 Å². The molecule has 2 heterocycles. The minimum Gasteiger partial charge on any atom is -0.497 e. The minimum absolute atomic E-state index is 0.704. The fraction of sp³-hybridized carbons (Fsp3) is 0.0526. The maximum atomic E-state index is 6.00. The zero-order chi connectivity index (χ0) is 16.5. The molecule has 0 spiro atoms. The highest BCUT2D eigenvalue weighted by Crippen LogP contribution is 2.29. The first-order valence-corrected chi connectivity index (χ1v) is 7.88. The fourth-order valence-electron chi connectivity index (χ4n) is 2.68. The van der Waals surface area contributed by atoms with E-state index in [1.807, 2.05) is 65.3 Å². The van der Waals surface area contributed by atoms with Crippen molar-refractivity contribution in [3.63, 3.8) is 0 Å². The van der Waals surface area contributed by atoms with Crippen LogP contribution in [0.25, 0.3) is 28.0 Å². The fourth-order valence-corrected chi connectivity index (χ4v) is 2.80. The number of rotatable bonds is 3. The van der Waals surface area contributed by atoms with Crippen molar-refractivity contribution >= 4 is 22.6 Å². The first-order chi connectivity index (χ1) is 11.8. The molecule has 0 aliphatic rings. The van der Waals surface area contributed by atoms with Crippen LogP contribution in [0.5, 0.6) is 5.75 Å². The van der Waals surface area contributed by atoms with E-state index in [-0.39, 0.29) is 0 Å². The lowest BCUT2D eigenvalue weighted by Crippen LogP contribution is -1.97. The molecule has 0 fully saturated rings. The zero-order valence-corrected chi connectivity index (χ0v) is 13.7. The molecule has 0 N–H and O–H groups in total. The lowest BCUT2D eigenvalue weighted by atomic mass is 10.1. The van der Waals surface area contributed by atoms with Gasteiger partial charge in [-0.1, -0.05) is 23.7 Å². The molecule has 0 aliphatic heterocycles. The van der Waals surface area contributed by atoms with Crippen molar-refractivity contribution in [2.24, 2.45) is 0 Å². The standard InChI is InChI=1S/C19H14ClN3O/c1-24-16-10-8-15(9-11-16)23-19-17(3-2-12-21-19)18(22-23)13-4-6-14(20)7-5-13/h2-12H,1H3. The van der Waals surface area contributed by atoms with Gasteiger partial charge in [0.25, 0.3) is 0 Å². The van der Waals surface area contributed by atoms with E-state index in [0.717, 1.165) is 33.7 Å². The zero-order valence-electron chi connectivity index (χ0n) is 13.0. The van der Waals surface area contributed by atoms with Crippen LogP contribution in [0.3, 0.4) is 0 Å². The van der Waals surface area contributed by atoms with Gasteiger partial charge in [0.2, 0.25) is 0 Å². The van der Waals surface area contributed by atoms with Gasteiger partial charge in [-0.25, -0.2) is 9.67 Å². The van der Waals surface area contributed by atoms with Gasteiger partial charge in [-0.3, -0.25) is 0 Å². The molecule has 4 aromatic rings. The van der Waals surface area contributed by atoms with E-state index >= 15 is 0 Å². The summed E-state index contributed by atoms with van der Waals surface area (Å²) in [5.41, 5.74) is 3.63. The van der Waals surface area contributed by atoms with Crippen molar-refractivity contribution in [3.8, 4) is 22.7 Å². The van der Waals surface area contributed by atoms with E-state index in [1.165, 1.54) is 0 Å². The second-order valence-electron chi connectivity index (χ2n) is 5.34. The molecule has 118 valence electrons. The molecule has 4 rings (SSSR count). The van der Waals surface area contributed by atoms with Crippen molar-refractivity contribution in [2.45, 2.75) is 0 Å². The van der Waals surface area contributed by atoms with Crippen molar-refractivity contribution in [2.75, 3.05) is 7.11 Å². The summed E-state index contributed by atoms with van der Waals surface area (Å²) < 4.78 is 7.07. The Morgan fingerprint density at radius 2 is 1.71 bits per heavy atom. The lowest BCUT2D eigenvalue weighted by Gasteiger charge is -2.04. The number of hydrogen-bond acceptors (Lipinski definition) is 3. The molecule has 2 aromatic carbocycles. The molecule has 4 nitrogen and oxygen atoms in total. The van der Waals surface area contributed by atoms with Crippen LogP contribution in [0.15, 0.2) is 66.9 Å². The van der Waals surface area contributed by atoms with Gasteiger partial charge in [0.05, 0.1) is 12.8 Å². The molecule has 0 saturated carbocycles. The van der Waals surface area contributed by atoms with E-state index in [1.54, 1.807) is 13.3 Å². The Labute approximate surface area is 144 Å². The monoisotopic (exact) mass is 335 g/mol. The average molecular weight is 336 g/mol. The smallest absolute Gasteiger partial charge is 0.163 e. The van der Waals surface area contributed by atoms with Gasteiger partial charge >= 0.3 is 0 Å². The highest BCUT2D eigenvalue weighted by molar-refractivity contribution is 6.30. The predicted molar refractivity (Wildman–Crippen MR) is 95.9 cm³/mol. The van der Waals surface area contributed by atoms with Crippen molar-refractivity contribution in [1.29, 1.82) is 0 Å². The minimum atomic E-state index is 0.704. The van der Waals surface area contributed by atoms with Gasteiger partial charge in [0.15, 0.2) is 5.65 Å². The summed E-state index contributed by atoms with van der Waals surface area (Å²) in [6, 6.07) is 19.4. The number of methoxy groups -OCH3 is 1. The van der Waals surface area contributed by atoms with E-state index in [9.17, 15) is 0 Å². The second-order valence-corrected chi connectivity index (χ2v) is 5.78. The van der Waals surface area contributed by atoms with Crippen LogP contribution in [0.1, 0.15) is 0 Å². The van der Waals surface area contributed by atoms with E-state index in [0.29, 0.717) is 5.02 Å². The second kappa shape index (κ2) is 5.98. The normalized spacial score (nSPS) is 10.9. The SMILES string of the molecule is COc1ccc(-n2nc(-c3ccc(Cl)cc3)c3cccnc32)cc1. The molecule has 2 aromatic heterocycles. The van der Waals surface area contributed by atoms with Crippen LogP contribution in [-0.2, 0) is 0 Å². The summed E-state index contributed by atoms with van der Waals surface area (Å²) in [7, 11) is 1.65. The first-order valence-electron chi connectivity index (χ1n) is 7.50. The van der Waals surface area contributed by atoms with Gasteiger partial charge in [-0.05, 0) is 48.5 Å². The first kappa shape index (κ1) is 14.7. The van der Waals surface area contributed by atoms with Gasteiger partial charge < -0.3 is 4.74 Å². The van der Waals surface area contributed by atoms with E-state index in [4.69, 9.17) is 21.4 Å². The molecule has 0 atom stereocenters. The van der Waals surface area contributed by atoms with Crippen molar-refractivity contribution in [1.82, 2.24) is 14.8 Å². The molecule has 5 heteroatoms. The van der Waals surface area contributed by atoms with Gasteiger partial charge in [-0.2, -0.15) is 5.10 Å². The quantitative estimate of drug-likeness (QED) is 0.542. The average Bonchev–Trinajstić information content (AvgIpc) is 3.02. The van der Waals surface area contributed by atoms with Gasteiger partial charge in [0.1, 0.15) is 11.4 Å².